The van der Waals surface area contributed by atoms with Gasteiger partial charge in [0.15, 0.2) is 0 Å². The predicted octanol–water partition coefficient (Wildman–Crippen LogP) is 3.31. The molecule has 0 aliphatic rings. The molecular weight excluding hydrogens is 293 g/mol. The Morgan fingerprint density at radius 3 is 2.52 bits per heavy atom. The third-order valence-corrected chi connectivity index (χ3v) is 3.79. The zero-order valence-electron chi connectivity index (χ0n) is 13.8. The van der Waals surface area contributed by atoms with Gasteiger partial charge in [0.25, 0.3) is 5.91 Å². The van der Waals surface area contributed by atoms with E-state index in [1.807, 2.05) is 6.07 Å². The highest BCUT2D eigenvalue weighted by atomic mass is 19.1. The summed E-state index contributed by atoms with van der Waals surface area (Å²) in [4.78, 5) is 18.6. The molecule has 0 unspecified atom stereocenters. The zero-order chi connectivity index (χ0) is 16.8. The van der Waals surface area contributed by atoms with Crippen molar-refractivity contribution in [1.29, 1.82) is 0 Å². The summed E-state index contributed by atoms with van der Waals surface area (Å²) in [5.41, 5.74) is 1.82. The maximum atomic E-state index is 13.5. The van der Waals surface area contributed by atoms with Crippen LogP contribution in [0.25, 0.3) is 0 Å². The summed E-state index contributed by atoms with van der Waals surface area (Å²) in [5.74, 6) is 0.374. The predicted molar refractivity (Wildman–Crippen MR) is 90.1 cm³/mol. The summed E-state index contributed by atoms with van der Waals surface area (Å²) in [5, 5.41) is 2.78. The number of pyridine rings is 1. The summed E-state index contributed by atoms with van der Waals surface area (Å²) < 4.78 is 13.5. The minimum Gasteiger partial charge on any atom is -0.357 e. The zero-order valence-corrected chi connectivity index (χ0v) is 13.8. The highest BCUT2D eigenvalue weighted by Gasteiger charge is 2.09. The van der Waals surface area contributed by atoms with Crippen molar-refractivity contribution >= 4 is 11.7 Å². The molecule has 2 aromatic rings. The molecule has 1 aromatic carbocycles. The van der Waals surface area contributed by atoms with Crippen LogP contribution in [0.4, 0.5) is 10.2 Å². The van der Waals surface area contributed by atoms with Crippen molar-refractivity contribution in [3.05, 3.63) is 59.0 Å². The first kappa shape index (κ1) is 16.9. The van der Waals surface area contributed by atoms with Gasteiger partial charge in [-0.25, -0.2) is 9.37 Å². The van der Waals surface area contributed by atoms with Gasteiger partial charge in [-0.2, -0.15) is 0 Å². The van der Waals surface area contributed by atoms with Crippen LogP contribution in [-0.4, -0.2) is 24.0 Å². The monoisotopic (exact) mass is 315 g/mol. The van der Waals surface area contributed by atoms with Crippen LogP contribution in [0.5, 0.6) is 0 Å². The number of aromatic nitrogens is 1. The van der Waals surface area contributed by atoms with Crippen LogP contribution in [0.15, 0.2) is 36.5 Å². The number of halogens is 1. The Labute approximate surface area is 136 Å². The van der Waals surface area contributed by atoms with Gasteiger partial charge in [0.05, 0.1) is 5.56 Å². The second kappa shape index (κ2) is 7.72. The number of carbonyl (C=O) groups excluding carboxylic acids is 1. The Morgan fingerprint density at radius 2 is 1.96 bits per heavy atom. The standard InChI is InChI=1S/C18H22FN3O/c1-4-22(5-2)17-9-8-15(12-20-17)18(23)21-11-14-7-6-13(3)16(19)10-14/h6-10,12H,4-5,11H2,1-3H3,(H,21,23). The third-order valence-electron chi connectivity index (χ3n) is 3.79. The van der Waals surface area contributed by atoms with Crippen molar-refractivity contribution in [3.63, 3.8) is 0 Å². The maximum absolute atomic E-state index is 13.5. The lowest BCUT2D eigenvalue weighted by molar-refractivity contribution is 0.0950. The van der Waals surface area contributed by atoms with Gasteiger partial charge in [-0.05, 0) is 50.1 Å². The number of amides is 1. The van der Waals surface area contributed by atoms with Gasteiger partial charge >= 0.3 is 0 Å². The first-order valence-corrected chi connectivity index (χ1v) is 7.79. The van der Waals surface area contributed by atoms with Crippen molar-refractivity contribution < 1.29 is 9.18 Å². The molecule has 1 amide bonds. The number of aryl methyl sites for hydroxylation is 1. The first-order valence-electron chi connectivity index (χ1n) is 7.79. The Hall–Kier alpha value is -2.43. The van der Waals surface area contributed by atoms with Crippen LogP contribution in [0.1, 0.15) is 35.3 Å². The lowest BCUT2D eigenvalue weighted by Gasteiger charge is -2.19. The fourth-order valence-electron chi connectivity index (χ4n) is 2.29. The van der Waals surface area contributed by atoms with Gasteiger partial charge < -0.3 is 10.2 Å². The number of benzene rings is 1. The summed E-state index contributed by atoms with van der Waals surface area (Å²) in [6.07, 6.45) is 1.57. The number of rotatable bonds is 6. The van der Waals surface area contributed by atoms with Gasteiger partial charge in [-0.3, -0.25) is 4.79 Å². The molecule has 2 rings (SSSR count). The molecule has 1 heterocycles. The average molecular weight is 315 g/mol. The minimum absolute atomic E-state index is 0.218. The molecule has 0 atom stereocenters. The van der Waals surface area contributed by atoms with E-state index in [1.165, 1.54) is 6.07 Å². The van der Waals surface area contributed by atoms with Crippen LogP contribution in [-0.2, 0) is 6.54 Å². The molecule has 0 spiro atoms. The lowest BCUT2D eigenvalue weighted by Crippen LogP contribution is -2.25. The van der Waals surface area contributed by atoms with E-state index in [9.17, 15) is 9.18 Å². The Morgan fingerprint density at radius 1 is 1.22 bits per heavy atom. The molecule has 23 heavy (non-hydrogen) atoms. The molecule has 0 aliphatic carbocycles. The number of carbonyl (C=O) groups is 1. The topological polar surface area (TPSA) is 45.2 Å². The van der Waals surface area contributed by atoms with Crippen molar-refractivity contribution in [1.82, 2.24) is 10.3 Å². The van der Waals surface area contributed by atoms with E-state index in [2.05, 4.69) is 29.0 Å². The second-order valence-electron chi connectivity index (χ2n) is 5.34. The molecule has 0 bridgehead atoms. The Balaban J connectivity index is 1.99. The number of nitrogens with zero attached hydrogens (tertiary/aromatic N) is 2. The van der Waals surface area contributed by atoms with E-state index in [1.54, 1.807) is 31.3 Å². The molecular formula is C18H22FN3O. The van der Waals surface area contributed by atoms with Crippen LogP contribution in [0.3, 0.4) is 0 Å². The molecule has 0 aliphatic heterocycles. The summed E-state index contributed by atoms with van der Waals surface area (Å²) in [7, 11) is 0. The van der Waals surface area contributed by atoms with E-state index in [0.717, 1.165) is 24.5 Å². The van der Waals surface area contributed by atoms with Gasteiger partial charge in [0.1, 0.15) is 11.6 Å². The lowest BCUT2D eigenvalue weighted by atomic mass is 10.1. The van der Waals surface area contributed by atoms with E-state index in [0.29, 0.717) is 11.1 Å². The highest BCUT2D eigenvalue weighted by Crippen LogP contribution is 2.12. The Kier molecular flexibility index (Phi) is 5.68. The highest BCUT2D eigenvalue weighted by molar-refractivity contribution is 5.94. The number of hydrogen-bond acceptors (Lipinski definition) is 3. The van der Waals surface area contributed by atoms with Crippen LogP contribution in [0.2, 0.25) is 0 Å². The van der Waals surface area contributed by atoms with E-state index in [-0.39, 0.29) is 18.3 Å². The minimum atomic E-state index is -0.262. The number of hydrogen-bond donors (Lipinski definition) is 1. The Bertz CT molecular complexity index is 666. The quantitative estimate of drug-likeness (QED) is 0.889. The molecule has 0 radical (unpaired) electrons. The van der Waals surface area contributed by atoms with Crippen molar-refractivity contribution in [2.45, 2.75) is 27.3 Å². The van der Waals surface area contributed by atoms with Crippen LogP contribution < -0.4 is 10.2 Å². The SMILES string of the molecule is CCN(CC)c1ccc(C(=O)NCc2ccc(C)c(F)c2)cn1. The maximum Gasteiger partial charge on any atom is 0.253 e. The number of nitrogens with one attached hydrogen (secondary N) is 1. The third kappa shape index (κ3) is 4.28. The second-order valence-corrected chi connectivity index (χ2v) is 5.34. The smallest absolute Gasteiger partial charge is 0.253 e. The van der Waals surface area contributed by atoms with Gasteiger partial charge in [-0.15, -0.1) is 0 Å². The molecule has 4 nitrogen and oxygen atoms in total. The van der Waals surface area contributed by atoms with Gasteiger partial charge in [0.2, 0.25) is 0 Å². The number of anilines is 1. The molecule has 0 saturated carbocycles. The largest absolute Gasteiger partial charge is 0.357 e. The average Bonchev–Trinajstić information content (AvgIpc) is 2.57. The fraction of sp³-hybridized carbons (Fsp3) is 0.333. The molecule has 5 heteroatoms. The molecule has 0 saturated heterocycles. The van der Waals surface area contributed by atoms with E-state index < -0.39 is 0 Å². The summed E-state index contributed by atoms with van der Waals surface area (Å²) >= 11 is 0. The molecule has 1 aromatic heterocycles. The molecule has 0 fully saturated rings. The van der Waals surface area contributed by atoms with Gasteiger partial charge in [0, 0.05) is 25.8 Å². The summed E-state index contributed by atoms with van der Waals surface area (Å²) in [6, 6.07) is 8.55. The van der Waals surface area contributed by atoms with Crippen molar-refractivity contribution in [2.24, 2.45) is 0 Å². The molecule has 122 valence electrons. The van der Waals surface area contributed by atoms with E-state index in [4.69, 9.17) is 0 Å². The van der Waals surface area contributed by atoms with Crippen LogP contribution in [0, 0.1) is 12.7 Å². The molecule has 1 N–H and O–H groups in total. The van der Waals surface area contributed by atoms with Crippen LogP contribution >= 0.6 is 0 Å². The normalized spacial score (nSPS) is 10.4. The fourth-order valence-corrected chi connectivity index (χ4v) is 2.29. The van der Waals surface area contributed by atoms with Crippen molar-refractivity contribution in [3.8, 4) is 0 Å². The van der Waals surface area contributed by atoms with E-state index >= 15 is 0 Å². The first-order chi connectivity index (χ1) is 11.0. The van der Waals surface area contributed by atoms with Crippen molar-refractivity contribution in [2.75, 3.05) is 18.0 Å². The summed E-state index contributed by atoms with van der Waals surface area (Å²) in [6.45, 7) is 7.86. The van der Waals surface area contributed by atoms with Gasteiger partial charge in [-0.1, -0.05) is 12.1 Å².